The number of pyridine rings is 1. The number of para-hydroxylation sites is 2. The largest absolute Gasteiger partial charge is 0.741 e. The third-order valence-corrected chi connectivity index (χ3v) is 10.3. The molecular weight excluding hydrogens is 794 g/mol. The Morgan fingerprint density at radius 3 is 1.29 bits per heavy atom. The Balaban J connectivity index is 0.000000340. The van der Waals surface area contributed by atoms with Gasteiger partial charge in [-0.05, 0) is 105 Å². The van der Waals surface area contributed by atoms with Crippen LogP contribution in [0.15, 0.2) is 179 Å². The van der Waals surface area contributed by atoms with Gasteiger partial charge >= 0.3 is 5.51 Å². The predicted octanol–water partition coefficient (Wildman–Crippen LogP) is 11.2. The first-order chi connectivity index (χ1) is 26.4. The van der Waals surface area contributed by atoms with E-state index >= 15 is 0 Å². The van der Waals surface area contributed by atoms with Gasteiger partial charge in [-0.1, -0.05) is 90.0 Å². The van der Waals surface area contributed by atoms with Crippen LogP contribution in [0.1, 0.15) is 16.7 Å². The van der Waals surface area contributed by atoms with E-state index in [1.807, 2.05) is 110 Å². The number of thioether (sulfide) groups is 1. The number of nitrogens with zero attached hydrogens (tertiary/aromatic N) is 1. The van der Waals surface area contributed by atoms with Gasteiger partial charge in [-0.3, -0.25) is 9.19 Å². The number of nitrogens with one attached hydrogen (secondary N) is 1. The first-order valence-corrected chi connectivity index (χ1v) is 23.1. The Morgan fingerprint density at radius 1 is 0.643 bits per heavy atom. The molecule has 0 saturated carbocycles. The van der Waals surface area contributed by atoms with Gasteiger partial charge in [0, 0.05) is 61.5 Å². The summed E-state index contributed by atoms with van der Waals surface area (Å²) >= 11 is 1.78. The highest BCUT2D eigenvalue weighted by atomic mass is 32.2. The van der Waals surface area contributed by atoms with Crippen molar-refractivity contribution < 1.29 is 30.4 Å². The Hall–Kier alpha value is -4.40. The summed E-state index contributed by atoms with van der Waals surface area (Å²) < 4.78 is 69.7. The highest BCUT2D eigenvalue weighted by Crippen LogP contribution is 2.20. The van der Waals surface area contributed by atoms with E-state index in [1.54, 1.807) is 30.4 Å². The second kappa shape index (κ2) is 27.2. The zero-order valence-electron chi connectivity index (χ0n) is 32.4. The number of aromatic nitrogens is 1. The highest BCUT2D eigenvalue weighted by Gasteiger charge is 2.36. The van der Waals surface area contributed by atoms with Crippen LogP contribution in [0.3, 0.4) is 0 Å². The number of aryl methyl sites for hydroxylation is 3. The summed E-state index contributed by atoms with van der Waals surface area (Å²) in [5.41, 5.74) is 0.520. The summed E-state index contributed by atoms with van der Waals surface area (Å²) in [6.07, 6.45) is 11.8. The van der Waals surface area contributed by atoms with Crippen LogP contribution in [0.4, 0.5) is 24.5 Å². The van der Waals surface area contributed by atoms with Crippen molar-refractivity contribution in [3.63, 3.8) is 0 Å². The normalized spacial score (nSPS) is 10.8. The van der Waals surface area contributed by atoms with E-state index in [-0.39, 0.29) is 0 Å². The van der Waals surface area contributed by atoms with Crippen molar-refractivity contribution >= 4 is 54.9 Å². The Morgan fingerprint density at radius 2 is 1.00 bits per heavy atom. The first-order valence-electron chi connectivity index (χ1n) is 16.8. The fraction of sp³-hybridized carbons (Fsp3) is 0.186. The minimum absolute atomic E-state index is 0.413. The second-order valence-corrected chi connectivity index (χ2v) is 17.4. The molecule has 0 spiro atoms. The van der Waals surface area contributed by atoms with Crippen molar-refractivity contribution in [1.29, 1.82) is 0 Å². The summed E-state index contributed by atoms with van der Waals surface area (Å²) in [4.78, 5) is 7.52. The molecule has 6 aromatic rings. The van der Waals surface area contributed by atoms with Crippen LogP contribution in [0.5, 0.6) is 0 Å². The van der Waals surface area contributed by atoms with Crippen LogP contribution in [0.25, 0.3) is 0 Å². The molecule has 300 valence electrons. The molecule has 0 aliphatic heterocycles. The smallest absolute Gasteiger partial charge is 0.485 e. The molecule has 56 heavy (non-hydrogen) atoms. The third-order valence-electron chi connectivity index (χ3n) is 6.79. The highest BCUT2D eigenvalue weighted by molar-refractivity contribution is 7.98. The molecular formula is C43H49F3N2O4S4. The average molecular weight is 843 g/mol. The zero-order chi connectivity index (χ0) is 42.0. The van der Waals surface area contributed by atoms with Crippen molar-refractivity contribution in [2.75, 3.05) is 30.3 Å². The van der Waals surface area contributed by atoms with Crippen molar-refractivity contribution in [2.45, 2.75) is 41.0 Å². The van der Waals surface area contributed by atoms with Gasteiger partial charge < -0.3 is 9.87 Å². The molecule has 0 aliphatic carbocycles. The molecule has 1 N–H and O–H groups in total. The Labute approximate surface area is 340 Å². The molecule has 5 aromatic carbocycles. The average Bonchev–Trinajstić information content (AvgIpc) is 3.17. The molecule has 0 bridgehead atoms. The lowest BCUT2D eigenvalue weighted by Crippen LogP contribution is -2.21. The van der Waals surface area contributed by atoms with E-state index in [0.29, 0.717) is 10.9 Å². The lowest BCUT2D eigenvalue weighted by Gasteiger charge is -2.08. The molecule has 6 rings (SSSR count). The fourth-order valence-corrected chi connectivity index (χ4v) is 5.36. The molecule has 1 aromatic heterocycles. The topological polar surface area (TPSA) is 99.2 Å². The number of anilines is 2. The van der Waals surface area contributed by atoms with Crippen LogP contribution in [-0.4, -0.2) is 52.7 Å². The molecule has 0 saturated heterocycles. The molecule has 0 fully saturated rings. The minimum atomic E-state index is -6.09. The molecule has 13 heteroatoms. The van der Waals surface area contributed by atoms with Crippen molar-refractivity contribution in [3.05, 3.63) is 181 Å². The van der Waals surface area contributed by atoms with Crippen molar-refractivity contribution in [2.24, 2.45) is 0 Å². The lowest BCUT2D eigenvalue weighted by atomic mass is 10.2. The van der Waals surface area contributed by atoms with Gasteiger partial charge in [0.2, 0.25) is 0 Å². The van der Waals surface area contributed by atoms with Crippen molar-refractivity contribution in [1.82, 2.24) is 4.98 Å². The maximum Gasteiger partial charge on any atom is 0.485 e. The first kappa shape index (κ1) is 49.6. The van der Waals surface area contributed by atoms with E-state index in [0.717, 1.165) is 16.3 Å². The van der Waals surface area contributed by atoms with Gasteiger partial charge in [-0.25, -0.2) is 8.42 Å². The minimum Gasteiger partial charge on any atom is -0.741 e. The number of hydrogen-bond donors (Lipinski definition) is 1. The standard InChI is InChI=1S/C12H11N.C9H13S.C8H10S.C7H8OS.C6H7N.CHF3O3S/c1-3-7-11(8-4-1)13-12-9-5-2-6-10-12;1-8-4-6-9(7-5-8)10(2)3;1-7-3-5-8(9-2)6-4-7;1-9(8)7-5-3-2-4-6-7;1-6-2-4-7-5-3-6;2-1(3,4)8(5,6)7/h1-10,13H;4-7H,1-3H3;3-6H,1-2H3;2-6H,1H3;2-5H,1H3;(H,5,6,7)/q;+1;;;;/p-1. The number of benzene rings is 5. The van der Waals surface area contributed by atoms with E-state index in [2.05, 4.69) is 91.4 Å². The third kappa shape index (κ3) is 23.5. The SMILES string of the molecule is CS(=O)c1ccccc1.CSc1ccc(C)cc1.Cc1ccc([S+](C)C)cc1.Cc1ccncc1.O=S(=O)([O-])C(F)(F)F.c1ccc(Nc2ccccc2)cc1. The van der Waals surface area contributed by atoms with E-state index < -0.39 is 26.4 Å². The van der Waals surface area contributed by atoms with E-state index in [9.17, 15) is 17.4 Å². The summed E-state index contributed by atoms with van der Waals surface area (Å²) in [7, 11) is -6.51. The lowest BCUT2D eigenvalue weighted by molar-refractivity contribution is -0.0517. The van der Waals surface area contributed by atoms with Crippen LogP contribution in [-0.2, 0) is 31.8 Å². The van der Waals surface area contributed by atoms with Gasteiger partial charge in [-0.15, -0.1) is 11.8 Å². The van der Waals surface area contributed by atoms with Crippen LogP contribution in [0, 0.1) is 20.8 Å². The molecule has 0 aliphatic rings. The molecule has 6 nitrogen and oxygen atoms in total. The maximum absolute atomic E-state index is 10.8. The van der Waals surface area contributed by atoms with Gasteiger partial charge in [0.05, 0.1) is 0 Å². The second-order valence-electron chi connectivity index (χ2n) is 11.7. The monoisotopic (exact) mass is 842 g/mol. The fourth-order valence-electron chi connectivity index (χ4n) is 3.73. The van der Waals surface area contributed by atoms with Crippen LogP contribution < -0.4 is 5.32 Å². The Bertz CT molecular complexity index is 1990. The predicted molar refractivity (Wildman–Crippen MR) is 231 cm³/mol. The van der Waals surface area contributed by atoms with E-state index in [1.165, 1.54) is 26.5 Å². The number of rotatable bonds is 5. The quantitative estimate of drug-likeness (QED) is 0.0798. The number of halogens is 3. The van der Waals surface area contributed by atoms with Gasteiger partial charge in [0.15, 0.2) is 15.0 Å². The number of hydrogen-bond acceptors (Lipinski definition) is 7. The maximum atomic E-state index is 10.8. The summed E-state index contributed by atoms with van der Waals surface area (Å²) in [5.74, 6) is 0. The van der Waals surface area contributed by atoms with Crippen LogP contribution in [0.2, 0.25) is 0 Å². The summed E-state index contributed by atoms with van der Waals surface area (Å²) in [5, 5.41) is 3.30. The van der Waals surface area contributed by atoms with Gasteiger partial charge in [-0.2, -0.15) is 13.2 Å². The van der Waals surface area contributed by atoms with E-state index in [4.69, 9.17) is 13.0 Å². The summed E-state index contributed by atoms with van der Waals surface area (Å²) in [6, 6.07) is 50.9. The Kier molecular flexibility index (Phi) is 24.1. The van der Waals surface area contributed by atoms with Crippen LogP contribution >= 0.6 is 11.8 Å². The molecule has 0 radical (unpaired) electrons. The van der Waals surface area contributed by atoms with Gasteiger partial charge in [0.25, 0.3) is 0 Å². The number of alkyl halides is 3. The molecule has 1 unspecified atom stereocenters. The van der Waals surface area contributed by atoms with Gasteiger partial charge in [0.1, 0.15) is 12.5 Å². The molecule has 1 atom stereocenters. The zero-order valence-corrected chi connectivity index (χ0v) is 35.7. The molecule has 0 amide bonds. The van der Waals surface area contributed by atoms with Crippen molar-refractivity contribution in [3.8, 4) is 0 Å². The molecule has 1 heterocycles. The summed E-state index contributed by atoms with van der Waals surface area (Å²) in [6.45, 7) is 6.26.